The predicted octanol–water partition coefficient (Wildman–Crippen LogP) is 3.07. The molecule has 2 aromatic heterocycles. The molecule has 6 heteroatoms. The predicted molar refractivity (Wildman–Crippen MR) is 88.2 cm³/mol. The minimum Gasteiger partial charge on any atom is -0.459 e. The third kappa shape index (κ3) is 3.64. The molecule has 0 radical (unpaired) electrons. The molecule has 2 aromatic rings. The molecular weight excluding hydrogens is 312 g/mol. The molecule has 122 valence electrons. The molecule has 1 fully saturated rings. The van der Waals surface area contributed by atoms with E-state index in [1.54, 1.807) is 28.4 Å². The number of hydrogen-bond acceptors (Lipinski definition) is 4. The van der Waals surface area contributed by atoms with Crippen LogP contribution in [-0.4, -0.2) is 29.8 Å². The first-order valence-electron chi connectivity index (χ1n) is 7.81. The molecule has 0 saturated carbocycles. The van der Waals surface area contributed by atoms with Crippen molar-refractivity contribution in [3.8, 4) is 0 Å². The van der Waals surface area contributed by atoms with Gasteiger partial charge in [0.15, 0.2) is 5.76 Å². The van der Waals surface area contributed by atoms with E-state index < -0.39 is 0 Å². The number of carbonyl (C=O) groups is 2. The van der Waals surface area contributed by atoms with Crippen LogP contribution in [-0.2, 0) is 4.79 Å². The first-order valence-corrected chi connectivity index (χ1v) is 8.69. The van der Waals surface area contributed by atoms with E-state index in [0.29, 0.717) is 18.8 Å². The van der Waals surface area contributed by atoms with E-state index in [0.717, 1.165) is 17.7 Å². The van der Waals surface area contributed by atoms with Crippen molar-refractivity contribution in [2.45, 2.75) is 25.8 Å². The molecule has 5 nitrogen and oxygen atoms in total. The van der Waals surface area contributed by atoms with Crippen LogP contribution in [0.1, 0.15) is 41.2 Å². The molecule has 2 amide bonds. The summed E-state index contributed by atoms with van der Waals surface area (Å²) >= 11 is 1.63. The van der Waals surface area contributed by atoms with Crippen molar-refractivity contribution >= 4 is 23.2 Å². The van der Waals surface area contributed by atoms with Crippen molar-refractivity contribution in [3.63, 3.8) is 0 Å². The van der Waals surface area contributed by atoms with E-state index >= 15 is 0 Å². The highest BCUT2D eigenvalue weighted by atomic mass is 32.1. The molecule has 2 atom stereocenters. The summed E-state index contributed by atoms with van der Waals surface area (Å²) in [6.45, 7) is 3.10. The van der Waals surface area contributed by atoms with Crippen LogP contribution in [0.25, 0.3) is 0 Å². The van der Waals surface area contributed by atoms with Crippen LogP contribution in [0, 0.1) is 5.92 Å². The van der Waals surface area contributed by atoms with Crippen LogP contribution >= 0.6 is 11.3 Å². The maximum Gasteiger partial charge on any atom is 0.289 e. The summed E-state index contributed by atoms with van der Waals surface area (Å²) in [5.74, 6) is 0.0461. The number of nitrogens with zero attached hydrogens (tertiary/aromatic N) is 1. The van der Waals surface area contributed by atoms with E-state index in [4.69, 9.17) is 4.42 Å². The Hall–Kier alpha value is -2.08. The minimum atomic E-state index is -0.162. The molecule has 0 unspecified atom stereocenters. The second kappa shape index (κ2) is 7.00. The molecule has 1 saturated heterocycles. The second-order valence-corrected chi connectivity index (χ2v) is 6.79. The highest BCUT2D eigenvalue weighted by molar-refractivity contribution is 7.10. The Bertz CT molecular complexity index is 651. The van der Waals surface area contributed by atoms with Gasteiger partial charge in [0.1, 0.15) is 0 Å². The molecule has 1 aliphatic heterocycles. The summed E-state index contributed by atoms with van der Waals surface area (Å²) in [6, 6.07) is 7.35. The molecule has 0 aliphatic carbocycles. The van der Waals surface area contributed by atoms with E-state index in [1.807, 2.05) is 24.4 Å². The van der Waals surface area contributed by atoms with E-state index in [9.17, 15) is 9.59 Å². The van der Waals surface area contributed by atoms with Crippen LogP contribution in [0.5, 0.6) is 0 Å². The summed E-state index contributed by atoms with van der Waals surface area (Å²) in [6.07, 6.45) is 3.13. The lowest BCUT2D eigenvalue weighted by atomic mass is 9.96. The second-order valence-electron chi connectivity index (χ2n) is 5.81. The van der Waals surface area contributed by atoms with Crippen LogP contribution in [0.2, 0.25) is 0 Å². The third-order valence-corrected chi connectivity index (χ3v) is 5.20. The Kier molecular flexibility index (Phi) is 4.81. The maximum absolute atomic E-state index is 12.5. The van der Waals surface area contributed by atoms with Gasteiger partial charge < -0.3 is 14.6 Å². The van der Waals surface area contributed by atoms with Crippen LogP contribution in [0.4, 0.5) is 0 Å². The van der Waals surface area contributed by atoms with Crippen molar-refractivity contribution < 1.29 is 14.0 Å². The van der Waals surface area contributed by atoms with Gasteiger partial charge >= 0.3 is 0 Å². The Labute approximate surface area is 139 Å². The quantitative estimate of drug-likeness (QED) is 0.936. The topological polar surface area (TPSA) is 62.6 Å². The number of amides is 2. The molecule has 0 bridgehead atoms. The van der Waals surface area contributed by atoms with Crippen molar-refractivity contribution in [1.29, 1.82) is 0 Å². The monoisotopic (exact) mass is 332 g/mol. The average molecular weight is 332 g/mol. The lowest BCUT2D eigenvalue weighted by molar-refractivity contribution is -0.127. The number of carbonyl (C=O) groups excluding carboxylic acids is 2. The van der Waals surface area contributed by atoms with Crippen molar-refractivity contribution in [2.75, 3.05) is 13.1 Å². The first kappa shape index (κ1) is 15.8. The van der Waals surface area contributed by atoms with Crippen molar-refractivity contribution in [1.82, 2.24) is 10.2 Å². The Morgan fingerprint density at radius 1 is 1.39 bits per heavy atom. The SMILES string of the molecule is C[C@H](NC(=O)[C@@H]1CCCN(C(=O)c2ccco2)C1)c1cccs1. The van der Waals surface area contributed by atoms with Gasteiger partial charge in [-0.3, -0.25) is 9.59 Å². The molecule has 1 N–H and O–H groups in total. The van der Waals surface area contributed by atoms with Gasteiger partial charge in [-0.2, -0.15) is 0 Å². The zero-order chi connectivity index (χ0) is 16.2. The van der Waals surface area contributed by atoms with Crippen LogP contribution < -0.4 is 5.32 Å². The summed E-state index contributed by atoms with van der Waals surface area (Å²) in [4.78, 5) is 27.7. The number of thiophene rings is 1. The maximum atomic E-state index is 12.5. The van der Waals surface area contributed by atoms with E-state index in [-0.39, 0.29) is 23.8 Å². The Morgan fingerprint density at radius 2 is 2.26 bits per heavy atom. The van der Waals surface area contributed by atoms with E-state index in [1.165, 1.54) is 6.26 Å². The van der Waals surface area contributed by atoms with Gasteiger partial charge in [0.2, 0.25) is 5.91 Å². The van der Waals surface area contributed by atoms with Gasteiger partial charge in [-0.1, -0.05) is 6.07 Å². The lowest BCUT2D eigenvalue weighted by Crippen LogP contribution is -2.45. The highest BCUT2D eigenvalue weighted by Gasteiger charge is 2.30. The molecule has 23 heavy (non-hydrogen) atoms. The third-order valence-electron chi connectivity index (χ3n) is 4.14. The minimum absolute atomic E-state index is 0.00125. The molecule has 3 rings (SSSR count). The van der Waals surface area contributed by atoms with E-state index in [2.05, 4.69) is 5.32 Å². The zero-order valence-electron chi connectivity index (χ0n) is 13.0. The van der Waals surface area contributed by atoms with Gasteiger partial charge in [-0.05, 0) is 43.3 Å². The normalized spacial score (nSPS) is 19.3. The Balaban J connectivity index is 1.59. The fourth-order valence-electron chi connectivity index (χ4n) is 2.87. The smallest absolute Gasteiger partial charge is 0.289 e. The number of hydrogen-bond donors (Lipinski definition) is 1. The molecule has 0 spiro atoms. The standard InChI is InChI=1S/C17H20N2O3S/c1-12(15-7-4-10-23-15)18-16(20)13-5-2-8-19(11-13)17(21)14-6-3-9-22-14/h3-4,6-7,9-10,12-13H,2,5,8,11H2,1H3,(H,18,20)/t12-,13+/m0/s1. The van der Waals surface area contributed by atoms with Crippen molar-refractivity contribution in [3.05, 3.63) is 46.5 Å². The fraction of sp³-hybridized carbons (Fsp3) is 0.412. The van der Waals surface area contributed by atoms with Gasteiger partial charge in [0.05, 0.1) is 18.2 Å². The average Bonchev–Trinajstić information content (AvgIpc) is 3.27. The van der Waals surface area contributed by atoms with Crippen LogP contribution in [0.3, 0.4) is 0 Å². The largest absolute Gasteiger partial charge is 0.459 e. The molecular formula is C17H20N2O3S. The number of nitrogens with one attached hydrogen (secondary N) is 1. The van der Waals surface area contributed by atoms with Crippen LogP contribution in [0.15, 0.2) is 40.3 Å². The lowest BCUT2D eigenvalue weighted by Gasteiger charge is -2.32. The number of rotatable bonds is 4. The highest BCUT2D eigenvalue weighted by Crippen LogP contribution is 2.22. The zero-order valence-corrected chi connectivity index (χ0v) is 13.8. The van der Waals surface area contributed by atoms with Gasteiger partial charge in [0.25, 0.3) is 5.91 Å². The van der Waals surface area contributed by atoms with Crippen molar-refractivity contribution in [2.24, 2.45) is 5.92 Å². The van der Waals surface area contributed by atoms with Gasteiger partial charge in [-0.25, -0.2) is 0 Å². The molecule has 1 aliphatic rings. The fourth-order valence-corrected chi connectivity index (χ4v) is 3.61. The number of piperidine rings is 1. The van der Waals surface area contributed by atoms with Gasteiger partial charge in [-0.15, -0.1) is 11.3 Å². The number of likely N-dealkylation sites (tertiary alicyclic amines) is 1. The molecule has 3 heterocycles. The summed E-state index contributed by atoms with van der Waals surface area (Å²) in [5, 5.41) is 5.06. The summed E-state index contributed by atoms with van der Waals surface area (Å²) in [5.41, 5.74) is 0. The Morgan fingerprint density at radius 3 is 2.96 bits per heavy atom. The summed E-state index contributed by atoms with van der Waals surface area (Å²) < 4.78 is 5.17. The summed E-state index contributed by atoms with van der Waals surface area (Å²) in [7, 11) is 0. The number of furan rings is 1. The first-order chi connectivity index (χ1) is 11.1. The van der Waals surface area contributed by atoms with Gasteiger partial charge in [0, 0.05) is 18.0 Å². The molecule has 0 aromatic carbocycles.